The van der Waals surface area contributed by atoms with Crippen LogP contribution in [-0.4, -0.2) is 24.9 Å². The Morgan fingerprint density at radius 1 is 1.14 bits per heavy atom. The first kappa shape index (κ1) is 19.4. The molecule has 0 aliphatic heterocycles. The van der Waals surface area contributed by atoms with E-state index < -0.39 is 22.1 Å². The monoisotopic (exact) mass is 412 g/mol. The number of benzene rings is 2. The molecule has 10 heteroatoms. The van der Waals surface area contributed by atoms with Crippen LogP contribution < -0.4 is 15.8 Å². The van der Waals surface area contributed by atoms with E-state index in [1.807, 2.05) is 0 Å². The second kappa shape index (κ2) is 7.31. The van der Waals surface area contributed by atoms with Gasteiger partial charge in [-0.15, -0.1) is 0 Å². The molecule has 0 aliphatic carbocycles. The van der Waals surface area contributed by atoms with Gasteiger partial charge in [-0.25, -0.2) is 22.3 Å². The Morgan fingerprint density at radius 2 is 1.82 bits per heavy atom. The van der Waals surface area contributed by atoms with Crippen molar-refractivity contribution in [3.63, 3.8) is 0 Å². The summed E-state index contributed by atoms with van der Waals surface area (Å²) in [4.78, 5) is 23.1. The maximum atomic E-state index is 13.8. The van der Waals surface area contributed by atoms with Gasteiger partial charge in [0.05, 0.1) is 10.4 Å². The Morgan fingerprint density at radius 3 is 2.46 bits per heavy atom. The van der Waals surface area contributed by atoms with Crippen LogP contribution in [0.1, 0.15) is 18.7 Å². The lowest BCUT2D eigenvalue weighted by atomic mass is 10.2. The van der Waals surface area contributed by atoms with Crippen molar-refractivity contribution in [2.24, 2.45) is 5.73 Å². The van der Waals surface area contributed by atoms with Gasteiger partial charge >= 0.3 is 6.03 Å². The van der Waals surface area contributed by atoms with Crippen molar-refractivity contribution >= 4 is 38.6 Å². The first-order valence-corrected chi connectivity index (χ1v) is 9.65. The Hall–Kier alpha value is -3.40. The molecular weight excluding hydrogens is 387 g/mol. The zero-order valence-corrected chi connectivity index (χ0v) is 15.5. The third-order valence-corrected chi connectivity index (χ3v) is 5.54. The summed E-state index contributed by atoms with van der Waals surface area (Å²) < 4.78 is 40.8. The number of carbonyl (C=O) groups excluding carboxylic acids is 2. The van der Waals surface area contributed by atoms with Crippen molar-refractivity contribution in [3.8, 4) is 0 Å². The molecule has 1 heterocycles. The van der Waals surface area contributed by atoms with E-state index >= 15 is 0 Å². The third-order valence-electron chi connectivity index (χ3n) is 4.17. The van der Waals surface area contributed by atoms with Gasteiger partial charge in [-0.1, -0.05) is 6.07 Å². The highest BCUT2D eigenvalue weighted by Crippen LogP contribution is 2.23. The van der Waals surface area contributed by atoms with Gasteiger partial charge in [-0.3, -0.25) is 4.79 Å². The first-order chi connectivity index (χ1) is 13.2. The lowest BCUT2D eigenvalue weighted by molar-refractivity contribution is -0.118. The molecule has 0 aliphatic rings. The summed E-state index contributed by atoms with van der Waals surface area (Å²) in [7, 11) is -4.06. The molecule has 0 bridgehead atoms. The smallest absolute Gasteiger partial charge is 0.326 e. The molecule has 0 radical (unpaired) electrons. The number of hydrogen-bond acceptors (Lipinski definition) is 4. The molecule has 0 saturated carbocycles. The molecule has 3 amide bonds. The Bertz CT molecular complexity index is 1170. The van der Waals surface area contributed by atoms with Crippen LogP contribution in [0.3, 0.4) is 0 Å². The van der Waals surface area contributed by atoms with Gasteiger partial charge in [-0.2, -0.15) is 0 Å². The molecule has 4 N–H and O–H groups in total. The van der Waals surface area contributed by atoms with Gasteiger partial charge in [0.25, 0.3) is 10.0 Å². The van der Waals surface area contributed by atoms with E-state index in [2.05, 4.69) is 5.32 Å². The lowest BCUT2D eigenvalue weighted by Crippen LogP contribution is -2.34. The molecule has 154 valence electrons. The van der Waals surface area contributed by atoms with E-state index in [1.165, 1.54) is 30.3 Å². The second-order valence-corrected chi connectivity index (χ2v) is 7.74. The number of hydrogen-bond donors (Lipinski definition) is 3. The van der Waals surface area contributed by atoms with Gasteiger partial charge in [0.1, 0.15) is 11.9 Å². The second-order valence-electron chi connectivity index (χ2n) is 6.05. The maximum absolute atomic E-state index is 13.8. The zero-order chi connectivity index (χ0) is 20.5. The summed E-state index contributed by atoms with van der Waals surface area (Å²) >= 11 is 0. The molecule has 0 saturated heterocycles. The van der Waals surface area contributed by atoms with Crippen molar-refractivity contribution in [1.82, 2.24) is 9.29 Å². The first-order valence-electron chi connectivity index (χ1n) is 8.17. The number of anilines is 1. The fourth-order valence-electron chi connectivity index (χ4n) is 2.77. The van der Waals surface area contributed by atoms with Crippen LogP contribution in [0.2, 0.25) is 0 Å². The van der Waals surface area contributed by atoms with Crippen molar-refractivity contribution in [1.29, 1.82) is 0 Å². The Kier molecular flexibility index (Phi) is 5.06. The Balaban J connectivity index is 0. The van der Waals surface area contributed by atoms with Crippen LogP contribution in [0.15, 0.2) is 59.6 Å². The number of nitrogens with two attached hydrogens (primary N) is 1. The summed E-state index contributed by atoms with van der Waals surface area (Å²) in [5.41, 5.74) is 5.77. The van der Waals surface area contributed by atoms with E-state index in [9.17, 15) is 22.4 Å². The minimum absolute atomic E-state index is 0. The fourth-order valence-corrected chi connectivity index (χ4v) is 3.65. The molecule has 1 aromatic heterocycles. The van der Waals surface area contributed by atoms with Crippen LogP contribution in [0.4, 0.5) is 14.9 Å². The highest BCUT2D eigenvalue weighted by Gasteiger charge is 2.19. The predicted octanol–water partition coefficient (Wildman–Crippen LogP) is 3.32. The molecule has 0 unspecified atom stereocenters. The Labute approximate surface area is 166 Å². The van der Waals surface area contributed by atoms with Crippen LogP contribution in [0.5, 0.6) is 0 Å². The molecule has 0 fully saturated rings. The molecular formula is C18H25FN4O4S. The number of amides is 3. The van der Waals surface area contributed by atoms with E-state index in [4.69, 9.17) is 5.73 Å². The maximum Gasteiger partial charge on any atom is 0.326 e. The number of aromatic nitrogens is 1. The summed E-state index contributed by atoms with van der Waals surface area (Å²) in [6.45, 7) is 1.66. The third kappa shape index (κ3) is 3.81. The number of fused-ring (bicyclic) bond motifs is 1. The SMILES string of the molecule is C[C@H](C(=O)Nc1ccc(S(=O)(=O)NC(N)=O)cc1)n1ccc2c(F)cccc21.[HH].[HH].[HH].[HH]. The van der Waals surface area contributed by atoms with E-state index in [0.29, 0.717) is 16.6 Å². The fraction of sp³-hybridized carbons (Fsp3) is 0.111. The quantitative estimate of drug-likeness (QED) is 0.595. The average molecular weight is 412 g/mol. The lowest BCUT2D eigenvalue weighted by Gasteiger charge is -2.16. The summed E-state index contributed by atoms with van der Waals surface area (Å²) in [6, 6.07) is 9.62. The highest BCUT2D eigenvalue weighted by atomic mass is 32.2. The van der Waals surface area contributed by atoms with Crippen LogP contribution in [0.25, 0.3) is 10.9 Å². The molecule has 2 aromatic carbocycles. The molecule has 28 heavy (non-hydrogen) atoms. The topological polar surface area (TPSA) is 123 Å². The van der Waals surface area contributed by atoms with Gasteiger partial charge in [0.2, 0.25) is 5.91 Å². The van der Waals surface area contributed by atoms with E-state index in [-0.39, 0.29) is 22.3 Å². The van der Waals surface area contributed by atoms with Gasteiger partial charge in [-0.05, 0) is 49.4 Å². The van der Waals surface area contributed by atoms with E-state index in [0.717, 1.165) is 0 Å². The minimum atomic E-state index is -4.06. The van der Waals surface area contributed by atoms with Gasteiger partial charge in [0.15, 0.2) is 0 Å². The molecule has 3 aromatic rings. The number of primary amides is 1. The number of sulfonamides is 1. The number of nitrogens with one attached hydrogen (secondary N) is 2. The largest absolute Gasteiger partial charge is 0.351 e. The number of nitrogens with zero attached hydrogens (tertiary/aromatic N) is 1. The zero-order valence-electron chi connectivity index (χ0n) is 14.7. The number of halogens is 1. The number of urea groups is 1. The van der Waals surface area contributed by atoms with Crippen molar-refractivity contribution in [2.45, 2.75) is 17.9 Å². The molecule has 8 nitrogen and oxygen atoms in total. The van der Waals surface area contributed by atoms with Crippen LogP contribution in [-0.2, 0) is 14.8 Å². The van der Waals surface area contributed by atoms with Crippen molar-refractivity contribution in [3.05, 3.63) is 60.5 Å². The minimum Gasteiger partial charge on any atom is -0.351 e. The summed E-state index contributed by atoms with van der Waals surface area (Å²) in [5.74, 6) is -0.738. The predicted molar refractivity (Wildman–Crippen MR) is 110 cm³/mol. The van der Waals surface area contributed by atoms with Crippen molar-refractivity contribution in [2.75, 3.05) is 5.32 Å². The van der Waals surface area contributed by atoms with E-state index in [1.54, 1.807) is 40.6 Å². The summed E-state index contributed by atoms with van der Waals surface area (Å²) in [6.07, 6.45) is 1.63. The summed E-state index contributed by atoms with van der Waals surface area (Å²) in [5, 5.41) is 3.08. The number of carbonyl (C=O) groups is 2. The number of rotatable bonds is 5. The average Bonchev–Trinajstić information content (AvgIpc) is 3.06. The standard InChI is InChI=1S/C18H17FN4O4S.4H2/c1-11(23-10-9-14-15(19)3-2-4-16(14)23)17(24)21-12-5-7-13(8-6-12)28(26,27)22-18(20)25;;;;/h2-11H,1H3,(H,21,24)(H3,20,22,25);4*1H/t11-;;;;/m1..../s1. The van der Waals surface area contributed by atoms with Crippen molar-refractivity contribution < 1.29 is 28.1 Å². The highest BCUT2D eigenvalue weighted by molar-refractivity contribution is 7.90. The molecule has 3 rings (SSSR count). The normalized spacial score (nSPS) is 12.5. The molecule has 1 atom stereocenters. The van der Waals surface area contributed by atoms with Crippen LogP contribution >= 0.6 is 0 Å². The molecule has 0 spiro atoms. The van der Waals surface area contributed by atoms with Crippen LogP contribution in [0, 0.1) is 5.82 Å². The van der Waals surface area contributed by atoms with Gasteiger partial charge < -0.3 is 15.6 Å². The van der Waals surface area contributed by atoms with Gasteiger partial charge in [0, 0.05) is 23.0 Å².